The Balaban J connectivity index is 1.55. The number of rotatable bonds is 5. The fourth-order valence-corrected chi connectivity index (χ4v) is 3.63. The van der Waals surface area contributed by atoms with Crippen LogP contribution in [0, 0.1) is 19.8 Å². The lowest BCUT2D eigenvalue weighted by atomic mass is 9.98. The highest BCUT2D eigenvalue weighted by Gasteiger charge is 2.34. The van der Waals surface area contributed by atoms with Gasteiger partial charge in [-0.05, 0) is 32.6 Å². The topological polar surface area (TPSA) is 73.4 Å². The van der Waals surface area contributed by atoms with Crippen LogP contribution >= 0.6 is 0 Å². The van der Waals surface area contributed by atoms with Crippen LogP contribution < -0.4 is 0 Å². The van der Waals surface area contributed by atoms with Gasteiger partial charge in [0.25, 0.3) is 5.91 Å². The minimum Gasteiger partial charge on any atom is -0.380 e. The van der Waals surface area contributed by atoms with Gasteiger partial charge in [-0.2, -0.15) is 0 Å². The summed E-state index contributed by atoms with van der Waals surface area (Å²) in [5, 5.41) is 3.91. The van der Waals surface area contributed by atoms with Gasteiger partial charge in [0, 0.05) is 31.8 Å². The quantitative estimate of drug-likeness (QED) is 0.831. The van der Waals surface area contributed by atoms with Crippen molar-refractivity contribution in [3.63, 3.8) is 0 Å². The van der Waals surface area contributed by atoms with Crippen molar-refractivity contribution < 1.29 is 14.1 Å². The summed E-state index contributed by atoms with van der Waals surface area (Å²) in [6.07, 6.45) is 4.37. The van der Waals surface area contributed by atoms with Crippen molar-refractivity contribution in [2.75, 3.05) is 19.8 Å². The van der Waals surface area contributed by atoms with Gasteiger partial charge in [-0.3, -0.25) is 4.79 Å². The summed E-state index contributed by atoms with van der Waals surface area (Å²) in [6.45, 7) is 6.16. The first-order valence-corrected chi connectivity index (χ1v) is 8.84. The van der Waals surface area contributed by atoms with E-state index in [-0.39, 0.29) is 11.8 Å². The van der Waals surface area contributed by atoms with Crippen LogP contribution in [0.15, 0.2) is 10.9 Å². The van der Waals surface area contributed by atoms with Gasteiger partial charge in [0.2, 0.25) is 0 Å². The van der Waals surface area contributed by atoms with Gasteiger partial charge in [0.1, 0.15) is 11.3 Å². The Kier molecular flexibility index (Phi) is 4.11. The molecule has 1 atom stereocenters. The molecule has 1 aliphatic carbocycles. The summed E-state index contributed by atoms with van der Waals surface area (Å²) >= 11 is 0. The van der Waals surface area contributed by atoms with Crippen molar-refractivity contribution in [2.45, 2.75) is 39.2 Å². The molecule has 0 N–H and O–H groups in total. The summed E-state index contributed by atoms with van der Waals surface area (Å²) in [5.74, 6) is 1.39. The number of hydrogen-bond acceptors (Lipinski definition) is 5. The molecule has 7 heteroatoms. The van der Waals surface area contributed by atoms with Gasteiger partial charge in [-0.25, -0.2) is 4.98 Å². The molecule has 0 unspecified atom stereocenters. The van der Waals surface area contributed by atoms with E-state index in [0.717, 1.165) is 18.2 Å². The molecule has 134 valence electrons. The van der Waals surface area contributed by atoms with Crippen LogP contribution in [0.25, 0.3) is 0 Å². The van der Waals surface area contributed by atoms with Crippen LogP contribution in [0.2, 0.25) is 0 Å². The smallest absolute Gasteiger partial charge is 0.259 e. The lowest BCUT2D eigenvalue weighted by Gasteiger charge is -2.33. The van der Waals surface area contributed by atoms with E-state index in [1.807, 2.05) is 18.3 Å². The molecule has 4 rings (SSSR count). The molecular formula is C18H24N4O3. The first-order valence-electron chi connectivity index (χ1n) is 8.84. The Morgan fingerprint density at radius 1 is 1.36 bits per heavy atom. The fraction of sp³-hybridized carbons (Fsp3) is 0.611. The third-order valence-corrected chi connectivity index (χ3v) is 5.13. The summed E-state index contributed by atoms with van der Waals surface area (Å²) < 4.78 is 13.2. The number of hydrogen-bond donors (Lipinski definition) is 0. The lowest BCUT2D eigenvalue weighted by Crippen LogP contribution is -2.40. The Hall–Kier alpha value is -2.15. The predicted molar refractivity (Wildman–Crippen MR) is 90.2 cm³/mol. The molecule has 1 fully saturated rings. The predicted octanol–water partition coefficient (Wildman–Crippen LogP) is 2.19. The Morgan fingerprint density at radius 3 is 2.84 bits per heavy atom. The van der Waals surface area contributed by atoms with Crippen molar-refractivity contribution in [1.29, 1.82) is 0 Å². The fourth-order valence-electron chi connectivity index (χ4n) is 3.63. The van der Waals surface area contributed by atoms with Gasteiger partial charge < -0.3 is 18.7 Å². The highest BCUT2D eigenvalue weighted by molar-refractivity contribution is 5.96. The van der Waals surface area contributed by atoms with E-state index in [1.165, 1.54) is 18.5 Å². The first-order chi connectivity index (χ1) is 12.0. The Bertz CT molecular complexity index is 771. The van der Waals surface area contributed by atoms with E-state index < -0.39 is 0 Å². The van der Waals surface area contributed by atoms with E-state index in [4.69, 9.17) is 9.26 Å². The Morgan fingerprint density at radius 2 is 2.16 bits per heavy atom. The first kappa shape index (κ1) is 16.3. The van der Waals surface area contributed by atoms with E-state index in [1.54, 1.807) is 13.8 Å². The maximum atomic E-state index is 13.0. The molecule has 0 saturated heterocycles. The molecule has 2 aromatic heterocycles. The van der Waals surface area contributed by atoms with Crippen molar-refractivity contribution in [2.24, 2.45) is 13.0 Å². The van der Waals surface area contributed by atoms with E-state index in [0.29, 0.717) is 36.7 Å². The number of aromatic nitrogens is 3. The maximum absolute atomic E-state index is 13.0. The molecule has 0 bridgehead atoms. The van der Waals surface area contributed by atoms with Crippen LogP contribution in [0.4, 0.5) is 0 Å². The van der Waals surface area contributed by atoms with Gasteiger partial charge in [-0.1, -0.05) is 5.16 Å². The normalized spacial score (nSPS) is 20.0. The number of amides is 1. The molecule has 2 aromatic rings. The molecule has 1 aliphatic heterocycles. The number of imidazole rings is 1. The third kappa shape index (κ3) is 3.08. The summed E-state index contributed by atoms with van der Waals surface area (Å²) in [5.41, 5.74) is 3.33. The number of fused-ring (bicyclic) bond motifs is 1. The molecule has 0 radical (unpaired) electrons. The molecule has 0 spiro atoms. The molecule has 25 heavy (non-hydrogen) atoms. The van der Waals surface area contributed by atoms with Crippen LogP contribution in [-0.2, 0) is 18.3 Å². The monoisotopic (exact) mass is 344 g/mol. The minimum absolute atomic E-state index is 0.0419. The van der Waals surface area contributed by atoms with Gasteiger partial charge in [-0.15, -0.1) is 0 Å². The lowest BCUT2D eigenvalue weighted by molar-refractivity contribution is 0.0616. The van der Waals surface area contributed by atoms with Crippen molar-refractivity contribution >= 4 is 5.91 Å². The average Bonchev–Trinajstić information content (AvgIpc) is 3.25. The van der Waals surface area contributed by atoms with Crippen LogP contribution in [0.1, 0.15) is 52.0 Å². The molecule has 0 aromatic carbocycles. The van der Waals surface area contributed by atoms with Crippen molar-refractivity contribution in [1.82, 2.24) is 19.6 Å². The van der Waals surface area contributed by atoms with Crippen molar-refractivity contribution in [3.05, 3.63) is 34.7 Å². The van der Waals surface area contributed by atoms with E-state index in [9.17, 15) is 4.79 Å². The molecule has 1 amide bonds. The zero-order valence-electron chi connectivity index (χ0n) is 15.0. The third-order valence-electron chi connectivity index (χ3n) is 5.13. The highest BCUT2D eigenvalue weighted by Crippen LogP contribution is 2.32. The highest BCUT2D eigenvalue weighted by atomic mass is 16.5. The second kappa shape index (κ2) is 6.29. The number of carbonyl (C=O) groups is 1. The van der Waals surface area contributed by atoms with E-state index >= 15 is 0 Å². The van der Waals surface area contributed by atoms with E-state index in [2.05, 4.69) is 14.7 Å². The molecular weight excluding hydrogens is 320 g/mol. The standard InChI is InChI=1S/C18H24N4O3/c1-11-16(12(2)25-20-11)18(23)22-6-14(9-24-8-13-4-5-13)17-15(7-22)19-10-21(17)3/h10,13-14H,4-9H2,1-3H3/t14-/m0/s1. The number of carbonyl (C=O) groups excluding carboxylic acids is 1. The number of ether oxygens (including phenoxy) is 1. The second-order valence-corrected chi connectivity index (χ2v) is 7.25. The van der Waals surface area contributed by atoms with Gasteiger partial charge >= 0.3 is 0 Å². The average molecular weight is 344 g/mol. The number of aryl methyl sites for hydroxylation is 3. The second-order valence-electron chi connectivity index (χ2n) is 7.25. The largest absolute Gasteiger partial charge is 0.380 e. The Labute approximate surface area is 146 Å². The molecule has 1 saturated carbocycles. The van der Waals surface area contributed by atoms with Gasteiger partial charge in [0.05, 0.1) is 30.9 Å². The number of nitrogens with zero attached hydrogens (tertiary/aromatic N) is 4. The molecule has 3 heterocycles. The molecule has 7 nitrogen and oxygen atoms in total. The zero-order chi connectivity index (χ0) is 17.6. The van der Waals surface area contributed by atoms with Crippen LogP contribution in [0.5, 0.6) is 0 Å². The van der Waals surface area contributed by atoms with Gasteiger partial charge in [0.15, 0.2) is 0 Å². The molecule has 2 aliphatic rings. The van der Waals surface area contributed by atoms with Crippen molar-refractivity contribution in [3.8, 4) is 0 Å². The van der Waals surface area contributed by atoms with Crippen LogP contribution in [0.3, 0.4) is 0 Å². The SMILES string of the molecule is Cc1noc(C)c1C(=O)N1Cc2ncn(C)c2[C@H](COCC2CC2)C1. The minimum atomic E-state index is -0.0419. The van der Waals surface area contributed by atoms with Crippen LogP contribution in [-0.4, -0.2) is 45.3 Å². The maximum Gasteiger partial charge on any atom is 0.259 e. The zero-order valence-corrected chi connectivity index (χ0v) is 15.0. The summed E-state index contributed by atoms with van der Waals surface area (Å²) in [7, 11) is 2.01. The summed E-state index contributed by atoms with van der Waals surface area (Å²) in [4.78, 5) is 19.3. The summed E-state index contributed by atoms with van der Waals surface area (Å²) in [6, 6.07) is 0.